The summed E-state index contributed by atoms with van der Waals surface area (Å²) in [7, 11) is 1.65. The number of anilines is 1. The van der Waals surface area contributed by atoms with Crippen LogP contribution in [0, 0.1) is 10.1 Å². The van der Waals surface area contributed by atoms with Gasteiger partial charge in [-0.1, -0.05) is 18.2 Å². The Morgan fingerprint density at radius 1 is 1.17 bits per heavy atom. The SMILES string of the molecule is COc1ccccc1C1CCN(c2ccc(C(=O)N3CCOCC3)cc2[N+](=O)[O-])C1. The fraction of sp³-hybridized carbons (Fsp3) is 0.409. The van der Waals surface area contributed by atoms with Gasteiger partial charge in [0.05, 0.1) is 25.2 Å². The van der Waals surface area contributed by atoms with Gasteiger partial charge in [0, 0.05) is 43.7 Å². The molecule has 8 nitrogen and oxygen atoms in total. The number of hydrogen-bond donors (Lipinski definition) is 0. The van der Waals surface area contributed by atoms with Gasteiger partial charge in [-0.25, -0.2) is 0 Å². The summed E-state index contributed by atoms with van der Waals surface area (Å²) in [5, 5.41) is 11.8. The zero-order chi connectivity index (χ0) is 21.1. The Labute approximate surface area is 175 Å². The Bertz CT molecular complexity index is 942. The monoisotopic (exact) mass is 411 g/mol. The van der Waals surface area contributed by atoms with Crippen LogP contribution in [0.4, 0.5) is 11.4 Å². The molecule has 2 aliphatic rings. The molecule has 2 aliphatic heterocycles. The zero-order valence-electron chi connectivity index (χ0n) is 17.0. The van der Waals surface area contributed by atoms with Crippen molar-refractivity contribution in [1.82, 2.24) is 4.90 Å². The van der Waals surface area contributed by atoms with Crippen LogP contribution in [-0.4, -0.2) is 62.2 Å². The number of carbonyl (C=O) groups is 1. The molecule has 0 aromatic heterocycles. The lowest BCUT2D eigenvalue weighted by Crippen LogP contribution is -2.40. The molecule has 2 heterocycles. The standard InChI is InChI=1S/C22H25N3O5/c1-29-21-5-3-2-4-18(21)17-8-9-24(15-17)19-7-6-16(14-20(19)25(27)28)22(26)23-10-12-30-13-11-23/h2-7,14,17H,8-13,15H2,1H3. The molecule has 1 amide bonds. The topological polar surface area (TPSA) is 85.2 Å². The Balaban J connectivity index is 1.57. The lowest BCUT2D eigenvalue weighted by Gasteiger charge is -2.27. The molecule has 8 heteroatoms. The molecule has 158 valence electrons. The summed E-state index contributed by atoms with van der Waals surface area (Å²) in [6.45, 7) is 3.36. The number of amides is 1. The molecule has 1 atom stereocenters. The first-order valence-electron chi connectivity index (χ1n) is 10.1. The second kappa shape index (κ2) is 8.71. The van der Waals surface area contributed by atoms with Crippen molar-refractivity contribution >= 4 is 17.3 Å². The third-order valence-electron chi connectivity index (χ3n) is 5.83. The van der Waals surface area contributed by atoms with Crippen LogP contribution in [0.1, 0.15) is 28.3 Å². The van der Waals surface area contributed by atoms with Gasteiger partial charge in [0.1, 0.15) is 11.4 Å². The molecule has 0 N–H and O–H groups in total. The van der Waals surface area contributed by atoms with Gasteiger partial charge in [-0.2, -0.15) is 0 Å². The number of nitrogens with zero attached hydrogens (tertiary/aromatic N) is 3. The maximum absolute atomic E-state index is 12.7. The molecule has 2 saturated heterocycles. The number of carbonyl (C=O) groups excluding carboxylic acids is 1. The van der Waals surface area contributed by atoms with Gasteiger partial charge in [-0.05, 0) is 30.2 Å². The molecular weight excluding hydrogens is 386 g/mol. The number of hydrogen-bond acceptors (Lipinski definition) is 6. The van der Waals surface area contributed by atoms with E-state index in [1.54, 1.807) is 24.1 Å². The molecule has 0 aliphatic carbocycles. The molecule has 2 aromatic rings. The minimum absolute atomic E-state index is 0.0326. The Hall–Kier alpha value is -3.13. The van der Waals surface area contributed by atoms with E-state index in [4.69, 9.17) is 9.47 Å². The van der Waals surface area contributed by atoms with Crippen molar-refractivity contribution in [2.75, 3.05) is 51.4 Å². The van der Waals surface area contributed by atoms with E-state index in [0.717, 1.165) is 17.7 Å². The van der Waals surface area contributed by atoms with Crippen LogP contribution < -0.4 is 9.64 Å². The van der Waals surface area contributed by atoms with Gasteiger partial charge in [0.2, 0.25) is 0 Å². The molecule has 30 heavy (non-hydrogen) atoms. The van der Waals surface area contributed by atoms with Crippen molar-refractivity contribution in [1.29, 1.82) is 0 Å². The van der Waals surface area contributed by atoms with E-state index >= 15 is 0 Å². The highest BCUT2D eigenvalue weighted by Gasteiger charge is 2.31. The maximum atomic E-state index is 12.7. The van der Waals surface area contributed by atoms with Gasteiger partial charge in [0.15, 0.2) is 0 Å². The number of methoxy groups -OCH3 is 1. The van der Waals surface area contributed by atoms with Gasteiger partial charge in [-0.15, -0.1) is 0 Å². The summed E-state index contributed by atoms with van der Waals surface area (Å²) in [6.07, 6.45) is 0.881. The number of morpholine rings is 1. The second-order valence-corrected chi connectivity index (χ2v) is 7.54. The predicted octanol–water partition coefficient (Wildman–Crippen LogP) is 3.07. The number of nitro groups is 1. The van der Waals surface area contributed by atoms with E-state index in [2.05, 4.69) is 0 Å². The van der Waals surface area contributed by atoms with E-state index in [1.165, 1.54) is 6.07 Å². The summed E-state index contributed by atoms with van der Waals surface area (Å²) in [5.41, 5.74) is 1.97. The first kappa shape index (κ1) is 20.2. The smallest absolute Gasteiger partial charge is 0.293 e. The van der Waals surface area contributed by atoms with Crippen molar-refractivity contribution in [2.24, 2.45) is 0 Å². The summed E-state index contributed by atoms with van der Waals surface area (Å²) in [6, 6.07) is 12.7. The highest BCUT2D eigenvalue weighted by atomic mass is 16.6. The third kappa shape index (κ3) is 3.95. The van der Waals surface area contributed by atoms with E-state index in [1.807, 2.05) is 29.2 Å². The van der Waals surface area contributed by atoms with Crippen LogP contribution in [-0.2, 0) is 4.74 Å². The number of benzene rings is 2. The van der Waals surface area contributed by atoms with Crippen molar-refractivity contribution in [3.63, 3.8) is 0 Å². The minimum Gasteiger partial charge on any atom is -0.496 e. The number of para-hydroxylation sites is 1. The van der Waals surface area contributed by atoms with Crippen LogP contribution in [0.15, 0.2) is 42.5 Å². The van der Waals surface area contributed by atoms with Gasteiger partial charge >= 0.3 is 0 Å². The van der Waals surface area contributed by atoms with E-state index in [9.17, 15) is 14.9 Å². The van der Waals surface area contributed by atoms with Crippen LogP contribution in [0.5, 0.6) is 5.75 Å². The Kier molecular flexibility index (Phi) is 5.85. The van der Waals surface area contributed by atoms with E-state index in [-0.39, 0.29) is 17.5 Å². The first-order valence-corrected chi connectivity index (χ1v) is 10.1. The normalized spacial score (nSPS) is 19.0. The third-order valence-corrected chi connectivity index (χ3v) is 5.83. The average Bonchev–Trinajstić information content (AvgIpc) is 3.28. The largest absolute Gasteiger partial charge is 0.496 e. The van der Waals surface area contributed by atoms with Crippen molar-refractivity contribution < 1.29 is 19.2 Å². The summed E-state index contributed by atoms with van der Waals surface area (Å²) < 4.78 is 10.8. The molecule has 1 unspecified atom stereocenters. The van der Waals surface area contributed by atoms with Crippen LogP contribution in [0.25, 0.3) is 0 Å². The number of rotatable bonds is 5. The van der Waals surface area contributed by atoms with Crippen molar-refractivity contribution in [2.45, 2.75) is 12.3 Å². The quantitative estimate of drug-likeness (QED) is 0.555. The van der Waals surface area contributed by atoms with Gasteiger partial charge < -0.3 is 19.3 Å². The summed E-state index contributed by atoms with van der Waals surface area (Å²) in [4.78, 5) is 27.8. The maximum Gasteiger partial charge on any atom is 0.293 e. The summed E-state index contributed by atoms with van der Waals surface area (Å²) in [5.74, 6) is 0.877. The molecule has 0 saturated carbocycles. The van der Waals surface area contributed by atoms with Crippen LogP contribution >= 0.6 is 0 Å². The average molecular weight is 411 g/mol. The van der Waals surface area contributed by atoms with Crippen LogP contribution in [0.3, 0.4) is 0 Å². The van der Waals surface area contributed by atoms with E-state index < -0.39 is 4.92 Å². The highest BCUT2D eigenvalue weighted by molar-refractivity contribution is 5.96. The molecule has 4 rings (SSSR count). The number of nitro benzene ring substituents is 1. The predicted molar refractivity (Wildman–Crippen MR) is 112 cm³/mol. The molecule has 2 fully saturated rings. The number of ether oxygens (including phenoxy) is 2. The minimum atomic E-state index is -0.401. The molecule has 0 bridgehead atoms. The fourth-order valence-corrected chi connectivity index (χ4v) is 4.26. The first-order chi connectivity index (χ1) is 14.6. The van der Waals surface area contributed by atoms with Gasteiger partial charge in [0.25, 0.3) is 11.6 Å². The lowest BCUT2D eigenvalue weighted by molar-refractivity contribution is -0.384. The molecule has 2 aromatic carbocycles. The van der Waals surface area contributed by atoms with Crippen molar-refractivity contribution in [3.8, 4) is 5.75 Å². The molecule has 0 spiro atoms. The van der Waals surface area contributed by atoms with E-state index in [0.29, 0.717) is 50.6 Å². The lowest BCUT2D eigenvalue weighted by atomic mass is 9.97. The second-order valence-electron chi connectivity index (χ2n) is 7.54. The van der Waals surface area contributed by atoms with Gasteiger partial charge in [-0.3, -0.25) is 14.9 Å². The van der Waals surface area contributed by atoms with Crippen LogP contribution in [0.2, 0.25) is 0 Å². The zero-order valence-corrected chi connectivity index (χ0v) is 17.0. The Morgan fingerprint density at radius 3 is 2.67 bits per heavy atom. The Morgan fingerprint density at radius 2 is 1.93 bits per heavy atom. The molecule has 0 radical (unpaired) electrons. The molecular formula is C22H25N3O5. The van der Waals surface area contributed by atoms with Crippen molar-refractivity contribution in [3.05, 3.63) is 63.7 Å². The fourth-order valence-electron chi connectivity index (χ4n) is 4.26. The highest BCUT2D eigenvalue weighted by Crippen LogP contribution is 2.38. The summed E-state index contributed by atoms with van der Waals surface area (Å²) >= 11 is 0.